The maximum Gasteiger partial charge on any atom is 0.417 e. The van der Waals surface area contributed by atoms with Gasteiger partial charge < -0.3 is 4.90 Å². The van der Waals surface area contributed by atoms with Crippen LogP contribution in [0.15, 0.2) is 48.7 Å². The smallest absolute Gasteiger partial charge is 0.355 e. The van der Waals surface area contributed by atoms with E-state index in [1.54, 1.807) is 24.3 Å². The van der Waals surface area contributed by atoms with Crippen LogP contribution in [0.5, 0.6) is 0 Å². The summed E-state index contributed by atoms with van der Waals surface area (Å²) in [5, 5.41) is 0. The van der Waals surface area contributed by atoms with Gasteiger partial charge in [-0.1, -0.05) is 30.3 Å². The van der Waals surface area contributed by atoms with Crippen LogP contribution in [0, 0.1) is 0 Å². The number of hydrogen-bond acceptors (Lipinski definition) is 4. The first-order chi connectivity index (χ1) is 12.8. The van der Waals surface area contributed by atoms with Crippen molar-refractivity contribution >= 4 is 15.8 Å². The molecule has 1 aromatic heterocycles. The molecular formula is C18H20F3N3O2S. The number of pyridine rings is 1. The lowest BCUT2D eigenvalue weighted by atomic mass is 10.2. The molecule has 0 bridgehead atoms. The Hall–Kier alpha value is -2.13. The van der Waals surface area contributed by atoms with E-state index in [1.165, 1.54) is 10.4 Å². The van der Waals surface area contributed by atoms with Gasteiger partial charge in [0, 0.05) is 32.4 Å². The molecule has 5 nitrogen and oxygen atoms in total. The molecule has 2 heterocycles. The van der Waals surface area contributed by atoms with Gasteiger partial charge in [0.05, 0.1) is 11.3 Å². The highest BCUT2D eigenvalue weighted by Gasteiger charge is 2.31. The summed E-state index contributed by atoms with van der Waals surface area (Å²) in [6.45, 7) is 1.58. The van der Waals surface area contributed by atoms with Crippen LogP contribution in [-0.2, 0) is 22.0 Å². The third kappa shape index (κ3) is 4.98. The van der Waals surface area contributed by atoms with Crippen LogP contribution in [0.2, 0.25) is 0 Å². The van der Waals surface area contributed by atoms with Crippen molar-refractivity contribution < 1.29 is 21.6 Å². The number of rotatable bonds is 4. The summed E-state index contributed by atoms with van der Waals surface area (Å²) in [4.78, 5) is 5.72. The molecule has 0 saturated carbocycles. The highest BCUT2D eigenvalue weighted by molar-refractivity contribution is 7.88. The van der Waals surface area contributed by atoms with Crippen LogP contribution in [0.25, 0.3) is 0 Å². The number of aromatic nitrogens is 1. The number of benzene rings is 1. The van der Waals surface area contributed by atoms with Gasteiger partial charge in [0.2, 0.25) is 10.0 Å². The van der Waals surface area contributed by atoms with E-state index in [-0.39, 0.29) is 12.3 Å². The summed E-state index contributed by atoms with van der Waals surface area (Å²) in [7, 11) is -3.45. The molecule has 2 aromatic rings. The average Bonchev–Trinajstić information content (AvgIpc) is 2.88. The first kappa shape index (κ1) is 19.6. The number of alkyl halides is 3. The molecule has 146 valence electrons. The van der Waals surface area contributed by atoms with Gasteiger partial charge in [0.1, 0.15) is 5.82 Å². The predicted octanol–water partition coefficient (Wildman–Crippen LogP) is 3.14. The van der Waals surface area contributed by atoms with Crippen molar-refractivity contribution in [3.63, 3.8) is 0 Å². The summed E-state index contributed by atoms with van der Waals surface area (Å²) >= 11 is 0. The van der Waals surface area contributed by atoms with Gasteiger partial charge in [-0.05, 0) is 24.1 Å². The molecule has 0 unspecified atom stereocenters. The second-order valence-electron chi connectivity index (χ2n) is 6.38. The molecular weight excluding hydrogens is 379 g/mol. The maximum absolute atomic E-state index is 12.7. The van der Waals surface area contributed by atoms with E-state index in [0.29, 0.717) is 31.9 Å². The Bertz CT molecular complexity index is 856. The second-order valence-corrected chi connectivity index (χ2v) is 8.35. The summed E-state index contributed by atoms with van der Waals surface area (Å²) in [5.74, 6) is 0.358. The van der Waals surface area contributed by atoms with Gasteiger partial charge in [-0.15, -0.1) is 0 Å². The fraction of sp³-hybridized carbons (Fsp3) is 0.389. The second kappa shape index (κ2) is 7.85. The molecule has 1 saturated heterocycles. The summed E-state index contributed by atoms with van der Waals surface area (Å²) in [6, 6.07) is 11.3. The van der Waals surface area contributed by atoms with E-state index < -0.39 is 21.8 Å². The van der Waals surface area contributed by atoms with E-state index in [4.69, 9.17) is 0 Å². The first-order valence-electron chi connectivity index (χ1n) is 8.56. The van der Waals surface area contributed by atoms with Gasteiger partial charge >= 0.3 is 6.18 Å². The minimum Gasteiger partial charge on any atom is -0.355 e. The Labute approximate surface area is 156 Å². The molecule has 1 aliphatic heterocycles. The molecule has 1 aromatic carbocycles. The average molecular weight is 399 g/mol. The zero-order valence-electron chi connectivity index (χ0n) is 14.6. The lowest BCUT2D eigenvalue weighted by molar-refractivity contribution is -0.137. The van der Waals surface area contributed by atoms with E-state index in [1.807, 2.05) is 11.0 Å². The van der Waals surface area contributed by atoms with Crippen molar-refractivity contribution in [3.8, 4) is 0 Å². The summed E-state index contributed by atoms with van der Waals surface area (Å²) < 4.78 is 64.8. The summed E-state index contributed by atoms with van der Waals surface area (Å²) in [5.41, 5.74) is -0.0730. The molecule has 0 atom stereocenters. The van der Waals surface area contributed by atoms with Gasteiger partial charge in [0.15, 0.2) is 0 Å². The topological polar surface area (TPSA) is 53.5 Å². The molecule has 0 N–H and O–H groups in total. The van der Waals surface area contributed by atoms with Crippen LogP contribution in [0.3, 0.4) is 0 Å². The Morgan fingerprint density at radius 2 is 1.70 bits per heavy atom. The molecule has 0 spiro atoms. The first-order valence-corrected chi connectivity index (χ1v) is 10.2. The molecule has 1 fully saturated rings. The van der Waals surface area contributed by atoms with Gasteiger partial charge in [0.25, 0.3) is 0 Å². The Morgan fingerprint density at radius 3 is 2.33 bits per heavy atom. The largest absolute Gasteiger partial charge is 0.417 e. The number of hydrogen-bond donors (Lipinski definition) is 0. The van der Waals surface area contributed by atoms with E-state index in [0.717, 1.165) is 17.8 Å². The Morgan fingerprint density at radius 1 is 0.963 bits per heavy atom. The van der Waals surface area contributed by atoms with E-state index in [9.17, 15) is 21.6 Å². The summed E-state index contributed by atoms with van der Waals surface area (Å²) in [6.07, 6.45) is -3.03. The number of nitrogens with zero attached hydrogens (tertiary/aromatic N) is 3. The third-order valence-electron chi connectivity index (χ3n) is 4.44. The quantitative estimate of drug-likeness (QED) is 0.793. The number of sulfonamides is 1. The zero-order chi connectivity index (χ0) is 19.5. The standard InChI is InChI=1S/C18H20F3N3O2S/c19-18(20,21)16-7-8-17(22-13-16)23-9-4-10-24(12-11-23)27(25,26)14-15-5-2-1-3-6-15/h1-3,5-8,13H,4,9-12,14H2. The fourth-order valence-electron chi connectivity index (χ4n) is 3.02. The van der Waals surface area contributed by atoms with Crippen molar-refractivity contribution in [1.82, 2.24) is 9.29 Å². The van der Waals surface area contributed by atoms with Crippen molar-refractivity contribution in [3.05, 3.63) is 59.8 Å². The van der Waals surface area contributed by atoms with Crippen LogP contribution in [0.4, 0.5) is 19.0 Å². The monoisotopic (exact) mass is 399 g/mol. The van der Waals surface area contributed by atoms with Crippen molar-refractivity contribution in [1.29, 1.82) is 0 Å². The molecule has 27 heavy (non-hydrogen) atoms. The molecule has 0 aliphatic carbocycles. The number of halogens is 3. The van der Waals surface area contributed by atoms with Crippen LogP contribution in [0.1, 0.15) is 17.5 Å². The molecule has 0 radical (unpaired) electrons. The minimum atomic E-state index is -4.42. The molecule has 9 heteroatoms. The highest BCUT2D eigenvalue weighted by atomic mass is 32.2. The SMILES string of the molecule is O=S(=O)(Cc1ccccc1)N1CCCN(c2ccc(C(F)(F)F)cn2)CC1. The van der Waals surface area contributed by atoms with E-state index >= 15 is 0 Å². The molecule has 0 amide bonds. The van der Waals surface area contributed by atoms with Crippen molar-refractivity contribution in [2.45, 2.75) is 18.3 Å². The fourth-order valence-corrected chi connectivity index (χ4v) is 4.58. The lowest BCUT2D eigenvalue weighted by Crippen LogP contribution is -2.36. The Balaban J connectivity index is 1.66. The van der Waals surface area contributed by atoms with Crippen LogP contribution in [-0.4, -0.2) is 43.9 Å². The predicted molar refractivity (Wildman–Crippen MR) is 96.7 cm³/mol. The van der Waals surface area contributed by atoms with Crippen LogP contribution >= 0.6 is 0 Å². The Kier molecular flexibility index (Phi) is 5.71. The third-order valence-corrected chi connectivity index (χ3v) is 6.29. The van der Waals surface area contributed by atoms with Crippen molar-refractivity contribution in [2.75, 3.05) is 31.1 Å². The van der Waals surface area contributed by atoms with Gasteiger partial charge in [-0.25, -0.2) is 13.4 Å². The minimum absolute atomic E-state index is 0.0631. The lowest BCUT2D eigenvalue weighted by Gasteiger charge is -2.23. The van der Waals surface area contributed by atoms with E-state index in [2.05, 4.69) is 4.98 Å². The van der Waals surface area contributed by atoms with Gasteiger partial charge in [-0.2, -0.15) is 17.5 Å². The van der Waals surface area contributed by atoms with Crippen LogP contribution < -0.4 is 4.90 Å². The maximum atomic E-state index is 12.7. The molecule has 3 rings (SSSR count). The number of anilines is 1. The zero-order valence-corrected chi connectivity index (χ0v) is 15.4. The van der Waals surface area contributed by atoms with Gasteiger partial charge in [-0.3, -0.25) is 0 Å². The normalized spacial score (nSPS) is 16.9. The van der Waals surface area contributed by atoms with Crippen molar-refractivity contribution in [2.24, 2.45) is 0 Å². The molecule has 1 aliphatic rings. The highest BCUT2D eigenvalue weighted by Crippen LogP contribution is 2.29.